The Balaban J connectivity index is 0.000000801. The number of unbranched alkanes of at least 4 members (excludes halogenated alkanes) is 2. The molecule has 0 heterocycles. The number of hydrogen-bond acceptors (Lipinski definition) is 0. The zero-order valence-electron chi connectivity index (χ0n) is 74.0. The van der Waals surface area contributed by atoms with E-state index < -0.39 is 62.5 Å². The van der Waals surface area contributed by atoms with Crippen LogP contribution in [-0.4, -0.2) is 0 Å². The zero-order valence-corrected chi connectivity index (χ0v) is 85.9. The first-order chi connectivity index (χ1) is 50.6. The van der Waals surface area contributed by atoms with E-state index in [0.717, 1.165) is 48.3 Å². The Morgan fingerprint density at radius 2 is 0.777 bits per heavy atom. The second-order valence-electron chi connectivity index (χ2n) is 37.5. The van der Waals surface area contributed by atoms with E-state index in [-0.39, 0.29) is 71.6 Å². The molecule has 0 saturated heterocycles. The van der Waals surface area contributed by atoms with Crippen LogP contribution in [0.3, 0.4) is 0 Å². The number of rotatable bonds is 18. The van der Waals surface area contributed by atoms with Gasteiger partial charge in [0.05, 0.1) is 0 Å². The SMILES string of the molecule is C=CCC1CCC2C=CC=CC21.C=CCCC(C)(C1CCCC1)C1C2C=C(C(C)(C)C)C=CC2C2C=CC(C(C)(C)C)=CC21.C=CCCCC1CCC(C(c2ccccc2)(c2ccccc2)C2C3C=C(C(C)(C)C)C=CC3C3C=CC(C(C)(C)C)=CC32)C1.CCCCC1CCCC1.[CH3-].[CH3-].[CH3-].[CH3-].[CH3-].[CH3-].[Cl][Zr+2][Cl].[Cl][Zr+2][Cl].[Cl][Zr+2][Cl]. The standard InChI is InChI=1S/C44H56.C32H48.C12H16.C9H18.6CH3.6ClH.3Zr/c1-8-9-12-17-31-22-23-36(28-31)44(32-18-13-10-14-19-32,33-20-15-11-16-21-33)41-39-29-34(42(2,3)4)24-26-37(39)38-27-25-35(30-40(38)41)43(5,6)7;1-9-10-19-32(8,22-13-11-12-14-22)29-27-20-23(30(2,3)4)15-17-25(27)26-18-16-24(21-28(26)29)31(5,6)7;1-2-5-10-8-9-11-6-3-4-7-12(10)11;1-2-3-6-9-7-4-5-8-9;;;;;;;;;;;;;;;/h8,10-11,13-16,18-21,24-27,29-31,36-41H,1,9,12,17,22-23,28H2,2-7H3;9,15-18,20-22,25-29H,1,10-14,19H2,2-8H3;2-4,6-7,10-12H,1,5,8-9H2;9H,2-8H2,1H3;6*1H3;6*1H;;;/q;;;;6*-1;;;;;;;3*+4/p-6. The third-order valence-corrected chi connectivity index (χ3v) is 27.1. The van der Waals surface area contributed by atoms with Gasteiger partial charge in [-0.1, -0.05) is 344 Å². The summed E-state index contributed by atoms with van der Waals surface area (Å²) in [6.45, 7) is 45.6. The van der Waals surface area contributed by atoms with Gasteiger partial charge in [-0.15, -0.1) is 19.7 Å². The molecule has 14 atom stereocenters. The molecule has 2 aromatic carbocycles. The molecular weight excluding hydrogens is 1720 g/mol. The second-order valence-corrected chi connectivity index (χ2v) is 48.7. The molecule has 14 unspecified atom stereocenters. The van der Waals surface area contributed by atoms with Crippen molar-refractivity contribution in [2.75, 3.05) is 0 Å². The van der Waals surface area contributed by atoms with Crippen molar-refractivity contribution in [2.24, 2.45) is 128 Å². The van der Waals surface area contributed by atoms with Crippen LogP contribution in [0.4, 0.5) is 0 Å². The Kier molecular flexibility index (Phi) is 51.5. The first-order valence-corrected chi connectivity index (χ1v) is 60.4. The van der Waals surface area contributed by atoms with Crippen LogP contribution in [0.1, 0.15) is 249 Å². The van der Waals surface area contributed by atoms with Gasteiger partial charge in [-0.3, -0.25) is 0 Å². The van der Waals surface area contributed by atoms with Gasteiger partial charge >= 0.3 is 114 Å². The third kappa shape index (κ3) is 28.8. The summed E-state index contributed by atoms with van der Waals surface area (Å²) in [4.78, 5) is 0. The van der Waals surface area contributed by atoms with E-state index in [1.54, 1.807) is 11.1 Å². The van der Waals surface area contributed by atoms with Gasteiger partial charge in [0.2, 0.25) is 0 Å². The van der Waals surface area contributed by atoms with Crippen LogP contribution in [0.2, 0.25) is 0 Å². The maximum absolute atomic E-state index is 4.93. The Morgan fingerprint density at radius 1 is 0.393 bits per heavy atom. The van der Waals surface area contributed by atoms with Gasteiger partial charge < -0.3 is 44.6 Å². The van der Waals surface area contributed by atoms with Gasteiger partial charge in [0.15, 0.2) is 0 Å². The first kappa shape index (κ1) is 109. The molecule has 13 rings (SSSR count). The van der Waals surface area contributed by atoms with Gasteiger partial charge in [0.25, 0.3) is 0 Å². The van der Waals surface area contributed by atoms with Crippen LogP contribution in [0, 0.1) is 172 Å². The molecular formula is C103H156Cl6Zr3. The molecule has 112 heavy (non-hydrogen) atoms. The molecule has 0 aromatic heterocycles. The summed E-state index contributed by atoms with van der Waals surface area (Å²) in [7, 11) is 29.6. The van der Waals surface area contributed by atoms with Crippen LogP contribution < -0.4 is 0 Å². The van der Waals surface area contributed by atoms with E-state index in [0.29, 0.717) is 70.5 Å². The molecule has 2 aromatic rings. The molecule has 6 saturated carbocycles. The van der Waals surface area contributed by atoms with Gasteiger partial charge in [-0.25, -0.2) is 0 Å². The fourth-order valence-electron chi connectivity index (χ4n) is 21.8. The zero-order chi connectivity index (χ0) is 77.5. The molecule has 0 spiro atoms. The summed E-state index contributed by atoms with van der Waals surface area (Å²) in [5, 5.41) is 0. The normalized spacial score (nSPS) is 27.7. The summed E-state index contributed by atoms with van der Waals surface area (Å²) in [5.74, 6) is 11.7. The Bertz CT molecular complexity index is 3170. The molecule has 6 fully saturated rings. The van der Waals surface area contributed by atoms with Crippen LogP contribution >= 0.6 is 51.1 Å². The van der Waals surface area contributed by atoms with E-state index in [1.165, 1.54) is 151 Å². The van der Waals surface area contributed by atoms with E-state index in [4.69, 9.17) is 51.1 Å². The fraction of sp³-hybridized carbons (Fsp3) is 0.573. The minimum absolute atomic E-state index is 0. The molecule has 0 aliphatic heterocycles. The van der Waals surface area contributed by atoms with Crippen LogP contribution in [0.25, 0.3) is 0 Å². The monoisotopic (exact) mass is 1870 g/mol. The number of halogens is 6. The van der Waals surface area contributed by atoms with Crippen molar-refractivity contribution in [3.63, 3.8) is 0 Å². The molecule has 0 N–H and O–H groups in total. The molecule has 0 nitrogen and oxygen atoms in total. The average Bonchev–Trinajstić information content (AvgIpc) is 1.53. The van der Waals surface area contributed by atoms with Gasteiger partial charge in [0.1, 0.15) is 0 Å². The van der Waals surface area contributed by atoms with Gasteiger partial charge in [-0.2, -0.15) is 0 Å². The molecule has 11 aliphatic carbocycles. The summed E-state index contributed by atoms with van der Waals surface area (Å²) < 4.78 is 0. The summed E-state index contributed by atoms with van der Waals surface area (Å²) in [6, 6.07) is 23.6. The topological polar surface area (TPSA) is 0 Å². The van der Waals surface area contributed by atoms with Crippen molar-refractivity contribution in [3.8, 4) is 0 Å². The van der Waals surface area contributed by atoms with Crippen LogP contribution in [-0.2, 0) is 68.0 Å². The molecule has 0 amide bonds. The summed E-state index contributed by atoms with van der Waals surface area (Å²) in [6.07, 6.45) is 77.1. The van der Waals surface area contributed by atoms with Crippen molar-refractivity contribution >= 4 is 51.1 Å². The second kappa shape index (κ2) is 52.7. The molecule has 0 bridgehead atoms. The fourth-order valence-corrected chi connectivity index (χ4v) is 21.8. The summed E-state index contributed by atoms with van der Waals surface area (Å²) in [5.41, 5.74) is 10.2. The molecule has 11 aliphatic rings. The summed E-state index contributed by atoms with van der Waals surface area (Å²) >= 11 is -2.48. The van der Waals surface area contributed by atoms with Crippen molar-refractivity contribution in [1.29, 1.82) is 0 Å². The average molecular weight is 1880 g/mol. The first-order valence-electron chi connectivity index (χ1n) is 41.4. The van der Waals surface area contributed by atoms with Crippen molar-refractivity contribution in [1.82, 2.24) is 0 Å². The Hall–Kier alpha value is -0.551. The number of allylic oxidation sites excluding steroid dienone is 23. The van der Waals surface area contributed by atoms with E-state index in [2.05, 4.69) is 293 Å². The predicted molar refractivity (Wildman–Crippen MR) is 498 cm³/mol. The molecule has 622 valence electrons. The van der Waals surface area contributed by atoms with Crippen molar-refractivity contribution in [3.05, 3.63) is 274 Å². The van der Waals surface area contributed by atoms with Crippen LogP contribution in [0.5, 0.6) is 0 Å². The van der Waals surface area contributed by atoms with Gasteiger partial charge in [-0.05, 0) is 232 Å². The number of benzene rings is 2. The Morgan fingerprint density at radius 3 is 1.16 bits per heavy atom. The quantitative estimate of drug-likeness (QED) is 0.0793. The number of hydrogen-bond donors (Lipinski definition) is 0. The maximum atomic E-state index is 4.93. The third-order valence-electron chi connectivity index (χ3n) is 27.1. The molecule has 9 heteroatoms. The van der Waals surface area contributed by atoms with E-state index >= 15 is 0 Å². The minimum atomic E-state index is -0.826. The van der Waals surface area contributed by atoms with E-state index in [1.807, 2.05) is 0 Å². The molecule has 0 radical (unpaired) electrons. The van der Waals surface area contributed by atoms with Crippen molar-refractivity contribution in [2.45, 2.75) is 244 Å². The van der Waals surface area contributed by atoms with Crippen LogP contribution in [0.15, 0.2) is 218 Å². The predicted octanol–water partition coefficient (Wildman–Crippen LogP) is 34.8. The van der Waals surface area contributed by atoms with E-state index in [9.17, 15) is 0 Å². The van der Waals surface area contributed by atoms with Crippen molar-refractivity contribution < 1.29 is 62.5 Å². The van der Waals surface area contributed by atoms with Gasteiger partial charge in [0, 0.05) is 5.41 Å². The Labute approximate surface area is 750 Å². The number of fused-ring (bicyclic) bond motifs is 7.